The Morgan fingerprint density at radius 2 is 1.76 bits per heavy atom. The zero-order chi connectivity index (χ0) is 23.2. The van der Waals surface area contributed by atoms with Crippen LogP contribution in [0.15, 0.2) is 54.7 Å². The molecule has 8 nitrogen and oxygen atoms in total. The minimum absolute atomic E-state index is 0.0318. The third-order valence-corrected chi connectivity index (χ3v) is 5.55. The molecule has 172 valence electrons. The quantitative estimate of drug-likeness (QED) is 0.324. The van der Waals surface area contributed by atoms with Gasteiger partial charge in [-0.2, -0.15) is 0 Å². The van der Waals surface area contributed by atoms with E-state index in [4.69, 9.17) is 9.47 Å². The van der Waals surface area contributed by atoms with Crippen LogP contribution in [-0.4, -0.2) is 66.5 Å². The summed E-state index contributed by atoms with van der Waals surface area (Å²) in [6, 6.07) is 15.0. The second kappa shape index (κ2) is 10.3. The van der Waals surface area contributed by atoms with Crippen LogP contribution in [0.1, 0.15) is 15.9 Å². The molecule has 1 saturated heterocycles. The maximum atomic E-state index is 13.0. The third kappa shape index (κ3) is 5.40. The molecule has 0 spiro atoms. The van der Waals surface area contributed by atoms with Gasteiger partial charge in [-0.3, -0.25) is 14.4 Å². The molecule has 1 aliphatic heterocycles. The second-order valence-electron chi connectivity index (χ2n) is 7.93. The molecule has 1 fully saturated rings. The number of benzene rings is 2. The Labute approximate surface area is 192 Å². The summed E-state index contributed by atoms with van der Waals surface area (Å²) >= 11 is 0. The fraction of sp³-hybridized carbons (Fsp3) is 0.320. The number of ether oxygens (including phenoxy) is 2. The Morgan fingerprint density at radius 1 is 1.03 bits per heavy atom. The highest BCUT2D eigenvalue weighted by atomic mass is 16.5. The van der Waals surface area contributed by atoms with Gasteiger partial charge in [0.25, 0.3) is 11.7 Å². The molecule has 0 saturated carbocycles. The number of nitrogens with zero attached hydrogens (tertiary/aromatic N) is 2. The van der Waals surface area contributed by atoms with E-state index in [2.05, 4.69) is 5.32 Å². The Morgan fingerprint density at radius 3 is 2.52 bits per heavy atom. The van der Waals surface area contributed by atoms with Crippen molar-refractivity contribution in [1.29, 1.82) is 0 Å². The number of para-hydroxylation sites is 1. The maximum Gasteiger partial charge on any atom is 0.295 e. The lowest BCUT2D eigenvalue weighted by atomic mass is 10.1. The number of amides is 2. The Balaban J connectivity index is 1.39. The molecule has 0 aliphatic carbocycles. The summed E-state index contributed by atoms with van der Waals surface area (Å²) in [5, 5.41) is 3.48. The van der Waals surface area contributed by atoms with Gasteiger partial charge in [0.05, 0.1) is 25.3 Å². The number of carbonyl (C=O) groups is 3. The molecule has 0 bridgehead atoms. The molecule has 1 aliphatic rings. The van der Waals surface area contributed by atoms with E-state index in [9.17, 15) is 14.4 Å². The predicted molar refractivity (Wildman–Crippen MR) is 123 cm³/mol. The summed E-state index contributed by atoms with van der Waals surface area (Å²) in [7, 11) is 0. The van der Waals surface area contributed by atoms with E-state index in [-0.39, 0.29) is 12.5 Å². The van der Waals surface area contributed by atoms with Gasteiger partial charge in [0.1, 0.15) is 18.9 Å². The van der Waals surface area contributed by atoms with Gasteiger partial charge >= 0.3 is 0 Å². The number of hydrogen-bond donors (Lipinski definition) is 1. The standard InChI is InChI=1S/C25H27N3O5/c1-18-6-8-19(9-7-18)33-13-10-26-23(29)17-28-16-21(20-4-2-3-5-22(20)28)24(30)25(31)27-11-14-32-15-12-27/h2-9,16H,10-15,17H2,1H3,(H,26,29). The first kappa shape index (κ1) is 22.5. The highest BCUT2D eigenvalue weighted by Crippen LogP contribution is 2.22. The molecule has 33 heavy (non-hydrogen) atoms. The first-order chi connectivity index (χ1) is 16.0. The van der Waals surface area contributed by atoms with Crippen LogP contribution in [0.3, 0.4) is 0 Å². The van der Waals surface area contributed by atoms with E-state index in [1.165, 1.54) is 4.90 Å². The number of ketones is 1. The molecule has 0 radical (unpaired) electrons. The van der Waals surface area contributed by atoms with Crippen molar-refractivity contribution in [2.45, 2.75) is 13.5 Å². The average Bonchev–Trinajstić information content (AvgIpc) is 3.21. The van der Waals surface area contributed by atoms with E-state index in [1.54, 1.807) is 16.8 Å². The van der Waals surface area contributed by atoms with Gasteiger partial charge in [-0.25, -0.2) is 0 Å². The van der Waals surface area contributed by atoms with Crippen LogP contribution in [-0.2, 0) is 20.9 Å². The van der Waals surface area contributed by atoms with Gasteiger partial charge < -0.3 is 24.3 Å². The van der Waals surface area contributed by atoms with Crippen LogP contribution in [0.5, 0.6) is 5.75 Å². The first-order valence-corrected chi connectivity index (χ1v) is 11.0. The highest BCUT2D eigenvalue weighted by Gasteiger charge is 2.27. The Bertz CT molecular complexity index is 1150. The van der Waals surface area contributed by atoms with Gasteiger partial charge in [-0.15, -0.1) is 0 Å². The number of Topliss-reactive ketones (excluding diaryl/α,β-unsaturated/α-hetero) is 1. The van der Waals surface area contributed by atoms with Gasteiger partial charge in [-0.05, 0) is 25.1 Å². The van der Waals surface area contributed by atoms with Crippen LogP contribution in [0.4, 0.5) is 0 Å². The molecule has 0 atom stereocenters. The van der Waals surface area contributed by atoms with Gasteiger partial charge in [0, 0.05) is 30.2 Å². The summed E-state index contributed by atoms with van der Waals surface area (Å²) in [6.07, 6.45) is 1.59. The SMILES string of the molecule is Cc1ccc(OCCNC(=O)Cn2cc(C(=O)C(=O)N3CCOCC3)c3ccccc32)cc1. The molecular weight excluding hydrogens is 422 g/mol. The summed E-state index contributed by atoms with van der Waals surface area (Å²) < 4.78 is 12.6. The normalized spacial score (nSPS) is 13.7. The van der Waals surface area contributed by atoms with Crippen molar-refractivity contribution in [3.8, 4) is 5.75 Å². The largest absolute Gasteiger partial charge is 0.492 e. The van der Waals surface area contributed by atoms with E-state index in [1.807, 2.05) is 49.4 Å². The van der Waals surface area contributed by atoms with Crippen molar-refractivity contribution < 1.29 is 23.9 Å². The third-order valence-electron chi connectivity index (χ3n) is 5.55. The molecular formula is C25H27N3O5. The molecule has 2 heterocycles. The molecule has 0 unspecified atom stereocenters. The smallest absolute Gasteiger partial charge is 0.295 e. The monoisotopic (exact) mass is 449 g/mol. The van der Waals surface area contributed by atoms with Crippen LogP contribution in [0.25, 0.3) is 10.9 Å². The maximum absolute atomic E-state index is 13.0. The molecule has 1 N–H and O–H groups in total. The van der Waals surface area contributed by atoms with E-state index >= 15 is 0 Å². The minimum atomic E-state index is -0.571. The van der Waals surface area contributed by atoms with Crippen LogP contribution in [0.2, 0.25) is 0 Å². The lowest BCUT2D eigenvalue weighted by molar-refractivity contribution is -0.130. The molecule has 1 aromatic heterocycles. The van der Waals surface area contributed by atoms with Gasteiger partial charge in [-0.1, -0.05) is 35.9 Å². The summed E-state index contributed by atoms with van der Waals surface area (Å²) in [5.41, 5.74) is 2.18. The first-order valence-electron chi connectivity index (χ1n) is 11.0. The number of nitrogens with one attached hydrogen (secondary N) is 1. The van der Waals surface area contributed by atoms with Crippen molar-refractivity contribution in [2.75, 3.05) is 39.5 Å². The van der Waals surface area contributed by atoms with E-state index < -0.39 is 11.7 Å². The minimum Gasteiger partial charge on any atom is -0.492 e. The summed E-state index contributed by atoms with van der Waals surface area (Å²) in [5.74, 6) is -0.571. The van der Waals surface area contributed by atoms with Crippen molar-refractivity contribution in [2.24, 2.45) is 0 Å². The lowest BCUT2D eigenvalue weighted by Crippen LogP contribution is -2.44. The number of carbonyl (C=O) groups excluding carboxylic acids is 3. The summed E-state index contributed by atoms with van der Waals surface area (Å²) in [4.78, 5) is 39.7. The number of hydrogen-bond acceptors (Lipinski definition) is 5. The Hall–Kier alpha value is -3.65. The molecule has 4 rings (SSSR count). The van der Waals surface area contributed by atoms with Crippen molar-refractivity contribution >= 4 is 28.5 Å². The number of rotatable bonds is 8. The highest BCUT2D eigenvalue weighted by molar-refractivity contribution is 6.44. The summed E-state index contributed by atoms with van der Waals surface area (Å²) in [6.45, 7) is 4.39. The second-order valence-corrected chi connectivity index (χ2v) is 7.93. The van der Waals surface area contributed by atoms with Crippen molar-refractivity contribution in [3.63, 3.8) is 0 Å². The fourth-order valence-corrected chi connectivity index (χ4v) is 3.79. The molecule has 3 aromatic rings. The average molecular weight is 450 g/mol. The molecule has 2 aromatic carbocycles. The van der Waals surface area contributed by atoms with Crippen molar-refractivity contribution in [3.05, 3.63) is 65.9 Å². The topological polar surface area (TPSA) is 89.9 Å². The van der Waals surface area contributed by atoms with Crippen LogP contribution in [0, 0.1) is 6.92 Å². The Kier molecular flexibility index (Phi) is 7.04. The van der Waals surface area contributed by atoms with Crippen LogP contribution < -0.4 is 10.1 Å². The van der Waals surface area contributed by atoms with Gasteiger partial charge in [0.2, 0.25) is 5.91 Å². The zero-order valence-electron chi connectivity index (χ0n) is 18.6. The number of morpholine rings is 1. The van der Waals surface area contributed by atoms with Crippen LogP contribution >= 0.6 is 0 Å². The van der Waals surface area contributed by atoms with Gasteiger partial charge in [0.15, 0.2) is 0 Å². The fourth-order valence-electron chi connectivity index (χ4n) is 3.79. The number of aryl methyl sites for hydroxylation is 1. The predicted octanol–water partition coefficient (Wildman–Crippen LogP) is 2.19. The van der Waals surface area contributed by atoms with E-state index in [0.29, 0.717) is 50.4 Å². The number of aromatic nitrogens is 1. The molecule has 2 amide bonds. The zero-order valence-corrected chi connectivity index (χ0v) is 18.6. The van der Waals surface area contributed by atoms with E-state index in [0.717, 1.165) is 16.8 Å². The lowest BCUT2D eigenvalue weighted by Gasteiger charge is -2.25. The number of fused-ring (bicyclic) bond motifs is 1. The molecule has 8 heteroatoms. The van der Waals surface area contributed by atoms with Crippen molar-refractivity contribution in [1.82, 2.24) is 14.8 Å².